The molecule has 126 valence electrons. The molecule has 0 bridgehead atoms. The Kier molecular flexibility index (Phi) is 4.94. The van der Waals surface area contributed by atoms with Gasteiger partial charge in [0.05, 0.1) is 25.9 Å². The molecule has 0 saturated heterocycles. The standard InChI is InChI=1S/C16H17ClN4O3/c1-11-6-15(23)21-16(18-10-19-21)20(11)7-13(22)9-24-8-12-4-2-3-5-14(12)17/h2-6,10,13,22H,7-9H2,1H3/t13-/m1/s1. The molecule has 0 fully saturated rings. The quantitative estimate of drug-likeness (QED) is 0.728. The minimum absolute atomic E-state index is 0.136. The molecule has 0 saturated carbocycles. The first kappa shape index (κ1) is 16.6. The molecule has 0 spiro atoms. The molecule has 1 atom stereocenters. The lowest BCUT2D eigenvalue weighted by Gasteiger charge is -2.16. The molecule has 3 aromatic rings. The largest absolute Gasteiger partial charge is 0.389 e. The van der Waals surface area contributed by atoms with Gasteiger partial charge in [-0.3, -0.25) is 4.79 Å². The third kappa shape index (κ3) is 3.48. The highest BCUT2D eigenvalue weighted by atomic mass is 35.5. The van der Waals surface area contributed by atoms with Crippen LogP contribution in [0, 0.1) is 6.92 Å². The van der Waals surface area contributed by atoms with Crippen molar-refractivity contribution in [3.8, 4) is 0 Å². The molecular weight excluding hydrogens is 332 g/mol. The minimum atomic E-state index is -0.755. The van der Waals surface area contributed by atoms with Gasteiger partial charge in [0.1, 0.15) is 6.33 Å². The van der Waals surface area contributed by atoms with Crippen LogP contribution in [0.5, 0.6) is 0 Å². The van der Waals surface area contributed by atoms with E-state index in [2.05, 4.69) is 10.1 Å². The van der Waals surface area contributed by atoms with Gasteiger partial charge in [-0.2, -0.15) is 14.6 Å². The van der Waals surface area contributed by atoms with E-state index < -0.39 is 6.10 Å². The molecule has 1 N–H and O–H groups in total. The maximum Gasteiger partial charge on any atom is 0.275 e. The zero-order valence-corrected chi connectivity index (χ0v) is 13.8. The van der Waals surface area contributed by atoms with Crippen molar-refractivity contribution < 1.29 is 9.84 Å². The third-order valence-electron chi connectivity index (χ3n) is 3.66. The van der Waals surface area contributed by atoms with Crippen LogP contribution >= 0.6 is 11.6 Å². The number of fused-ring (bicyclic) bond motifs is 1. The number of hydrogen-bond acceptors (Lipinski definition) is 5. The van der Waals surface area contributed by atoms with Gasteiger partial charge in [-0.25, -0.2) is 0 Å². The first-order valence-electron chi connectivity index (χ1n) is 7.45. The van der Waals surface area contributed by atoms with Crippen molar-refractivity contribution in [1.29, 1.82) is 0 Å². The van der Waals surface area contributed by atoms with Crippen molar-refractivity contribution in [1.82, 2.24) is 19.2 Å². The van der Waals surface area contributed by atoms with Crippen LogP contribution in [-0.4, -0.2) is 37.0 Å². The second-order valence-corrected chi connectivity index (χ2v) is 5.87. The van der Waals surface area contributed by atoms with Crippen molar-refractivity contribution in [3.63, 3.8) is 0 Å². The van der Waals surface area contributed by atoms with Crippen molar-refractivity contribution in [2.75, 3.05) is 6.61 Å². The van der Waals surface area contributed by atoms with Crippen molar-refractivity contribution >= 4 is 17.4 Å². The Bertz CT molecular complexity index is 906. The Labute approximate surface area is 143 Å². The van der Waals surface area contributed by atoms with Gasteiger partial charge in [0, 0.05) is 16.8 Å². The van der Waals surface area contributed by atoms with Gasteiger partial charge in [0.25, 0.3) is 5.56 Å². The van der Waals surface area contributed by atoms with Crippen LogP contribution < -0.4 is 5.56 Å². The molecule has 0 amide bonds. The summed E-state index contributed by atoms with van der Waals surface area (Å²) >= 11 is 6.06. The number of aliphatic hydroxyl groups is 1. The van der Waals surface area contributed by atoms with Crippen LogP contribution in [0.2, 0.25) is 5.02 Å². The second-order valence-electron chi connectivity index (χ2n) is 5.47. The summed E-state index contributed by atoms with van der Waals surface area (Å²) in [6, 6.07) is 8.86. The molecule has 0 radical (unpaired) electrons. The van der Waals surface area contributed by atoms with E-state index >= 15 is 0 Å². The Hall–Kier alpha value is -2.22. The number of aromatic nitrogens is 4. The number of ether oxygens (including phenoxy) is 1. The molecule has 7 nitrogen and oxygen atoms in total. The number of rotatable bonds is 6. The first-order valence-corrected chi connectivity index (χ1v) is 7.83. The van der Waals surface area contributed by atoms with E-state index in [1.165, 1.54) is 16.9 Å². The SMILES string of the molecule is Cc1cc(=O)n2ncnc2n1C[C@@H](O)COCc1ccccc1Cl. The van der Waals surface area contributed by atoms with Crippen LogP contribution in [0.3, 0.4) is 0 Å². The van der Waals surface area contributed by atoms with Gasteiger partial charge in [-0.1, -0.05) is 29.8 Å². The first-order chi connectivity index (χ1) is 11.6. The Balaban J connectivity index is 1.65. The highest BCUT2D eigenvalue weighted by Crippen LogP contribution is 2.15. The molecule has 2 heterocycles. The summed E-state index contributed by atoms with van der Waals surface area (Å²) < 4.78 is 8.47. The molecule has 2 aromatic heterocycles. The van der Waals surface area contributed by atoms with E-state index in [1.54, 1.807) is 17.6 Å². The van der Waals surface area contributed by atoms with Crippen LogP contribution in [0.1, 0.15) is 11.3 Å². The summed E-state index contributed by atoms with van der Waals surface area (Å²) in [7, 11) is 0. The number of aliphatic hydroxyl groups excluding tert-OH is 1. The smallest absolute Gasteiger partial charge is 0.275 e. The zero-order valence-electron chi connectivity index (χ0n) is 13.1. The lowest BCUT2D eigenvalue weighted by atomic mass is 10.2. The normalized spacial score (nSPS) is 12.6. The fraction of sp³-hybridized carbons (Fsp3) is 0.312. The summed E-state index contributed by atoms with van der Waals surface area (Å²) in [5.41, 5.74) is 1.32. The fourth-order valence-corrected chi connectivity index (χ4v) is 2.65. The molecule has 0 aliphatic carbocycles. The number of hydrogen-bond donors (Lipinski definition) is 1. The van der Waals surface area contributed by atoms with E-state index in [4.69, 9.17) is 16.3 Å². The maximum absolute atomic E-state index is 11.8. The Morgan fingerprint density at radius 3 is 2.96 bits per heavy atom. The molecule has 8 heteroatoms. The summed E-state index contributed by atoms with van der Waals surface area (Å²) in [5, 5.41) is 14.7. The summed E-state index contributed by atoms with van der Waals surface area (Å²) in [4.78, 5) is 15.9. The van der Waals surface area contributed by atoms with Crippen LogP contribution in [0.4, 0.5) is 0 Å². The lowest BCUT2D eigenvalue weighted by Crippen LogP contribution is -2.27. The number of nitrogens with zero attached hydrogens (tertiary/aromatic N) is 4. The van der Waals surface area contributed by atoms with Gasteiger partial charge in [0.2, 0.25) is 5.78 Å². The second kappa shape index (κ2) is 7.12. The predicted molar refractivity (Wildman–Crippen MR) is 89.1 cm³/mol. The Morgan fingerprint density at radius 2 is 2.17 bits per heavy atom. The predicted octanol–water partition coefficient (Wildman–Crippen LogP) is 1.43. The van der Waals surface area contributed by atoms with Crippen molar-refractivity contribution in [3.05, 3.63) is 63.3 Å². The molecule has 0 aliphatic rings. The van der Waals surface area contributed by atoms with Gasteiger partial charge in [-0.15, -0.1) is 0 Å². The number of aryl methyl sites for hydroxylation is 1. The van der Waals surface area contributed by atoms with Crippen molar-refractivity contribution in [2.24, 2.45) is 0 Å². The van der Waals surface area contributed by atoms with E-state index in [-0.39, 0.29) is 18.7 Å². The third-order valence-corrected chi connectivity index (χ3v) is 4.03. The van der Waals surface area contributed by atoms with Crippen LogP contribution in [-0.2, 0) is 17.9 Å². The topological polar surface area (TPSA) is 81.7 Å². The van der Waals surface area contributed by atoms with E-state index in [0.717, 1.165) is 5.56 Å². The van der Waals surface area contributed by atoms with E-state index in [0.29, 0.717) is 23.1 Å². The number of benzene rings is 1. The molecule has 0 aliphatic heterocycles. The monoisotopic (exact) mass is 348 g/mol. The summed E-state index contributed by atoms with van der Waals surface area (Å²) in [6.45, 7) is 2.49. The van der Waals surface area contributed by atoms with Crippen molar-refractivity contribution in [2.45, 2.75) is 26.2 Å². The zero-order chi connectivity index (χ0) is 17.1. The van der Waals surface area contributed by atoms with Gasteiger partial charge >= 0.3 is 0 Å². The van der Waals surface area contributed by atoms with Gasteiger partial charge in [0.15, 0.2) is 0 Å². The van der Waals surface area contributed by atoms with Gasteiger partial charge in [-0.05, 0) is 18.6 Å². The minimum Gasteiger partial charge on any atom is -0.389 e. The number of halogens is 1. The highest BCUT2D eigenvalue weighted by molar-refractivity contribution is 6.31. The van der Waals surface area contributed by atoms with Crippen LogP contribution in [0.15, 0.2) is 41.5 Å². The summed E-state index contributed by atoms with van der Waals surface area (Å²) in [6.07, 6.45) is 0.557. The average molecular weight is 349 g/mol. The average Bonchev–Trinajstić information content (AvgIpc) is 3.03. The molecule has 0 unspecified atom stereocenters. The fourth-order valence-electron chi connectivity index (χ4n) is 2.46. The molecule has 24 heavy (non-hydrogen) atoms. The van der Waals surface area contributed by atoms with E-state index in [9.17, 15) is 9.90 Å². The lowest BCUT2D eigenvalue weighted by molar-refractivity contribution is 0.0204. The van der Waals surface area contributed by atoms with Gasteiger partial charge < -0.3 is 14.4 Å². The summed E-state index contributed by atoms with van der Waals surface area (Å²) in [5.74, 6) is 0.394. The molecule has 3 rings (SSSR count). The van der Waals surface area contributed by atoms with E-state index in [1.807, 2.05) is 18.2 Å². The highest BCUT2D eigenvalue weighted by Gasteiger charge is 2.13. The van der Waals surface area contributed by atoms with Crippen LogP contribution in [0.25, 0.3) is 5.78 Å². The molecular formula is C16H17ClN4O3. The Morgan fingerprint density at radius 1 is 1.38 bits per heavy atom. The molecule has 1 aromatic carbocycles. The maximum atomic E-state index is 11.8.